The molecule has 0 saturated heterocycles. The van der Waals surface area contributed by atoms with E-state index in [4.69, 9.17) is 11.6 Å². The van der Waals surface area contributed by atoms with Crippen LogP contribution in [0.25, 0.3) is 11.4 Å². The monoisotopic (exact) mass is 370 g/mol. The molecule has 0 spiro atoms. The zero-order chi connectivity index (χ0) is 18.0. The van der Waals surface area contributed by atoms with E-state index in [-0.39, 0.29) is 23.4 Å². The first-order valence-corrected chi connectivity index (χ1v) is 7.32. The zero-order valence-electron chi connectivity index (χ0n) is 12.6. The standard InChI is InChI=1S/C14H10ClF3N6O/c1-7(10-4-9(15)2-3-19-10)22-13-20-5-8(6-21-13)11-23-12(25-24-11)14(16,17)18/h2-7H,1H3,(H,20,21,22). The Morgan fingerprint density at radius 3 is 2.52 bits per heavy atom. The van der Waals surface area contributed by atoms with E-state index in [2.05, 4.69) is 34.9 Å². The van der Waals surface area contributed by atoms with Crippen LogP contribution in [-0.4, -0.2) is 25.1 Å². The molecule has 0 aromatic carbocycles. The van der Waals surface area contributed by atoms with Gasteiger partial charge in [-0.25, -0.2) is 9.97 Å². The maximum Gasteiger partial charge on any atom is 0.471 e. The van der Waals surface area contributed by atoms with Crippen molar-refractivity contribution in [1.82, 2.24) is 25.1 Å². The van der Waals surface area contributed by atoms with Gasteiger partial charge in [0.1, 0.15) is 0 Å². The Labute approximate surface area is 144 Å². The van der Waals surface area contributed by atoms with Crippen molar-refractivity contribution in [1.29, 1.82) is 0 Å². The molecule has 3 aromatic heterocycles. The summed E-state index contributed by atoms with van der Waals surface area (Å²) in [6.07, 6.45) is -0.543. The lowest BCUT2D eigenvalue weighted by molar-refractivity contribution is -0.159. The van der Waals surface area contributed by atoms with E-state index < -0.39 is 12.1 Å². The third-order valence-corrected chi connectivity index (χ3v) is 3.35. The van der Waals surface area contributed by atoms with Crippen molar-refractivity contribution in [2.45, 2.75) is 19.1 Å². The van der Waals surface area contributed by atoms with Crippen LogP contribution in [-0.2, 0) is 6.18 Å². The van der Waals surface area contributed by atoms with E-state index >= 15 is 0 Å². The van der Waals surface area contributed by atoms with E-state index in [9.17, 15) is 13.2 Å². The number of anilines is 1. The van der Waals surface area contributed by atoms with Crippen LogP contribution in [0, 0.1) is 0 Å². The molecule has 3 heterocycles. The van der Waals surface area contributed by atoms with Gasteiger partial charge in [-0.2, -0.15) is 18.2 Å². The largest absolute Gasteiger partial charge is 0.471 e. The van der Waals surface area contributed by atoms with Crippen LogP contribution in [0.4, 0.5) is 19.1 Å². The van der Waals surface area contributed by atoms with Gasteiger partial charge in [0, 0.05) is 23.6 Å². The number of rotatable bonds is 4. The number of alkyl halides is 3. The van der Waals surface area contributed by atoms with Crippen LogP contribution in [0.3, 0.4) is 0 Å². The summed E-state index contributed by atoms with van der Waals surface area (Å²) in [6.45, 7) is 1.84. The van der Waals surface area contributed by atoms with Gasteiger partial charge in [0.2, 0.25) is 11.8 Å². The molecule has 7 nitrogen and oxygen atoms in total. The average molecular weight is 371 g/mol. The number of hydrogen-bond donors (Lipinski definition) is 1. The molecule has 130 valence electrons. The van der Waals surface area contributed by atoms with Gasteiger partial charge in [0.05, 0.1) is 17.3 Å². The van der Waals surface area contributed by atoms with Gasteiger partial charge >= 0.3 is 12.1 Å². The highest BCUT2D eigenvalue weighted by Crippen LogP contribution is 2.29. The molecule has 0 aliphatic carbocycles. The number of aromatic nitrogens is 5. The fraction of sp³-hybridized carbons (Fsp3) is 0.214. The predicted molar refractivity (Wildman–Crippen MR) is 81.6 cm³/mol. The molecule has 1 unspecified atom stereocenters. The van der Waals surface area contributed by atoms with Gasteiger partial charge in [0.25, 0.3) is 0 Å². The van der Waals surface area contributed by atoms with Crippen LogP contribution < -0.4 is 5.32 Å². The molecule has 11 heteroatoms. The van der Waals surface area contributed by atoms with Crippen molar-refractivity contribution in [2.75, 3.05) is 5.32 Å². The first-order valence-electron chi connectivity index (χ1n) is 6.94. The molecular formula is C14H10ClF3N6O. The number of nitrogens with one attached hydrogen (secondary N) is 1. The van der Waals surface area contributed by atoms with Crippen LogP contribution in [0.1, 0.15) is 24.6 Å². The summed E-state index contributed by atoms with van der Waals surface area (Å²) in [7, 11) is 0. The smallest absolute Gasteiger partial charge is 0.346 e. The van der Waals surface area contributed by atoms with E-state index in [1.54, 1.807) is 18.3 Å². The molecule has 1 atom stereocenters. The summed E-state index contributed by atoms with van der Waals surface area (Å²) >= 11 is 5.91. The zero-order valence-corrected chi connectivity index (χ0v) is 13.4. The van der Waals surface area contributed by atoms with Crippen molar-refractivity contribution in [3.8, 4) is 11.4 Å². The Morgan fingerprint density at radius 1 is 1.20 bits per heavy atom. The second kappa shape index (κ2) is 6.63. The van der Waals surface area contributed by atoms with Crippen LogP contribution in [0.5, 0.6) is 0 Å². The first kappa shape index (κ1) is 17.1. The maximum atomic E-state index is 12.5. The Hall–Kier alpha value is -2.75. The molecule has 3 rings (SSSR count). The van der Waals surface area contributed by atoms with Crippen molar-refractivity contribution < 1.29 is 17.7 Å². The third-order valence-electron chi connectivity index (χ3n) is 3.11. The maximum absolute atomic E-state index is 12.5. The molecule has 0 aliphatic heterocycles. The van der Waals surface area contributed by atoms with E-state index in [0.29, 0.717) is 10.7 Å². The molecular weight excluding hydrogens is 361 g/mol. The molecule has 3 aromatic rings. The van der Waals surface area contributed by atoms with Crippen molar-refractivity contribution in [3.63, 3.8) is 0 Å². The summed E-state index contributed by atoms with van der Waals surface area (Å²) in [6, 6.07) is 3.13. The minimum absolute atomic E-state index is 0.193. The summed E-state index contributed by atoms with van der Waals surface area (Å²) < 4.78 is 41.6. The first-order chi connectivity index (χ1) is 11.8. The molecule has 25 heavy (non-hydrogen) atoms. The fourth-order valence-corrected chi connectivity index (χ4v) is 2.07. The van der Waals surface area contributed by atoms with Crippen LogP contribution >= 0.6 is 11.6 Å². The molecule has 0 saturated carbocycles. The van der Waals surface area contributed by atoms with Gasteiger partial charge < -0.3 is 9.84 Å². The SMILES string of the molecule is CC(Nc1ncc(-c2noc(C(F)(F)F)n2)cn1)c1cc(Cl)ccn1. The number of halogens is 4. The number of pyridine rings is 1. The Kier molecular flexibility index (Phi) is 4.53. The Bertz CT molecular complexity index is 868. The van der Waals surface area contributed by atoms with Gasteiger partial charge in [0.15, 0.2) is 0 Å². The van der Waals surface area contributed by atoms with Crippen molar-refractivity contribution in [2.24, 2.45) is 0 Å². The Morgan fingerprint density at radius 2 is 1.92 bits per heavy atom. The quantitative estimate of drug-likeness (QED) is 0.747. The minimum atomic E-state index is -4.70. The normalized spacial score (nSPS) is 12.8. The van der Waals surface area contributed by atoms with Crippen LogP contribution in [0.2, 0.25) is 5.02 Å². The lowest BCUT2D eigenvalue weighted by Crippen LogP contribution is -2.10. The van der Waals surface area contributed by atoms with E-state index in [1.165, 1.54) is 12.4 Å². The number of nitrogens with zero attached hydrogens (tertiary/aromatic N) is 5. The summed E-state index contributed by atoms with van der Waals surface area (Å²) in [5, 5.41) is 6.82. The fourth-order valence-electron chi connectivity index (χ4n) is 1.90. The molecule has 1 N–H and O–H groups in total. The van der Waals surface area contributed by atoms with E-state index in [0.717, 1.165) is 0 Å². The number of hydrogen-bond acceptors (Lipinski definition) is 7. The second-order valence-corrected chi connectivity index (χ2v) is 5.42. The highest BCUT2D eigenvalue weighted by atomic mass is 35.5. The highest BCUT2D eigenvalue weighted by molar-refractivity contribution is 6.30. The minimum Gasteiger partial charge on any atom is -0.346 e. The van der Waals surface area contributed by atoms with Gasteiger partial charge in [-0.15, -0.1) is 0 Å². The van der Waals surface area contributed by atoms with Crippen molar-refractivity contribution in [3.05, 3.63) is 47.3 Å². The lowest BCUT2D eigenvalue weighted by Gasteiger charge is -2.13. The molecule has 0 radical (unpaired) electrons. The molecule has 0 amide bonds. The van der Waals surface area contributed by atoms with Crippen molar-refractivity contribution >= 4 is 17.5 Å². The highest BCUT2D eigenvalue weighted by Gasteiger charge is 2.38. The van der Waals surface area contributed by atoms with Gasteiger partial charge in [-0.05, 0) is 19.1 Å². The topological polar surface area (TPSA) is 89.6 Å². The predicted octanol–water partition coefficient (Wildman–Crippen LogP) is 3.77. The lowest BCUT2D eigenvalue weighted by atomic mass is 10.2. The van der Waals surface area contributed by atoms with E-state index in [1.807, 2.05) is 6.92 Å². The molecule has 0 fully saturated rings. The summed E-state index contributed by atoms with van der Waals surface area (Å²) in [5.74, 6) is -1.41. The Balaban J connectivity index is 1.73. The third kappa shape index (κ3) is 4.02. The molecule has 0 bridgehead atoms. The summed E-state index contributed by atoms with van der Waals surface area (Å²) in [5.41, 5.74) is 0.881. The summed E-state index contributed by atoms with van der Waals surface area (Å²) in [4.78, 5) is 15.5. The second-order valence-electron chi connectivity index (χ2n) is 4.98. The average Bonchev–Trinajstić information content (AvgIpc) is 3.06. The molecule has 0 aliphatic rings. The van der Waals surface area contributed by atoms with Gasteiger partial charge in [-0.3, -0.25) is 4.98 Å². The van der Waals surface area contributed by atoms with Gasteiger partial charge in [-0.1, -0.05) is 16.8 Å². The van der Waals surface area contributed by atoms with Crippen LogP contribution in [0.15, 0.2) is 35.2 Å².